The number of amides is 2. The van der Waals surface area contributed by atoms with E-state index in [1.54, 1.807) is 12.1 Å². The number of rotatable bonds is 2. The van der Waals surface area contributed by atoms with Crippen LogP contribution in [-0.2, 0) is 4.79 Å². The van der Waals surface area contributed by atoms with Crippen LogP contribution in [-0.4, -0.2) is 34.6 Å². The third-order valence-corrected chi connectivity index (χ3v) is 4.24. The van der Waals surface area contributed by atoms with Gasteiger partial charge in [-0.2, -0.15) is 0 Å². The van der Waals surface area contributed by atoms with E-state index in [0.717, 1.165) is 12.0 Å². The highest BCUT2D eigenvalue weighted by Gasteiger charge is 2.34. The van der Waals surface area contributed by atoms with Crippen molar-refractivity contribution in [2.75, 3.05) is 11.9 Å². The van der Waals surface area contributed by atoms with Gasteiger partial charge in [0.15, 0.2) is 0 Å². The van der Waals surface area contributed by atoms with Crippen LogP contribution in [0.2, 0.25) is 5.02 Å². The molecule has 1 heterocycles. The number of urea groups is 1. The molecule has 0 aliphatic carbocycles. The summed E-state index contributed by atoms with van der Waals surface area (Å²) in [7, 11) is 0. The van der Waals surface area contributed by atoms with Gasteiger partial charge in [-0.25, -0.2) is 9.59 Å². The summed E-state index contributed by atoms with van der Waals surface area (Å²) in [4.78, 5) is 25.0. The average molecular weight is 311 g/mol. The van der Waals surface area contributed by atoms with Crippen LogP contribution in [0.25, 0.3) is 0 Å². The maximum atomic E-state index is 12.3. The third kappa shape index (κ3) is 3.67. The standard InChI is InChI=1S/C15H19ClN2O3/c1-9-5-6-18(13(7-9)14(19)20)15(21)17-11-4-3-10(2)12(16)8-11/h3-4,8-9,13H,5-7H2,1-2H3,(H,17,21)(H,19,20). The number of carboxylic acids is 1. The molecule has 21 heavy (non-hydrogen) atoms. The second-order valence-corrected chi connectivity index (χ2v) is 5.98. The molecule has 2 unspecified atom stereocenters. The fraction of sp³-hybridized carbons (Fsp3) is 0.467. The number of carbonyl (C=O) groups excluding carboxylic acids is 1. The van der Waals surface area contributed by atoms with Crippen LogP contribution in [0.5, 0.6) is 0 Å². The van der Waals surface area contributed by atoms with Gasteiger partial charge in [-0.3, -0.25) is 0 Å². The van der Waals surface area contributed by atoms with E-state index in [-0.39, 0.29) is 0 Å². The Labute approximate surface area is 128 Å². The van der Waals surface area contributed by atoms with E-state index < -0.39 is 18.0 Å². The predicted octanol–water partition coefficient (Wildman–Crippen LogP) is 3.37. The second kappa shape index (κ2) is 6.35. The van der Waals surface area contributed by atoms with Crippen molar-refractivity contribution >= 4 is 29.3 Å². The zero-order chi connectivity index (χ0) is 15.6. The van der Waals surface area contributed by atoms with Gasteiger partial charge in [0.1, 0.15) is 6.04 Å². The van der Waals surface area contributed by atoms with E-state index in [1.807, 2.05) is 19.9 Å². The van der Waals surface area contributed by atoms with Crippen molar-refractivity contribution in [1.29, 1.82) is 0 Å². The van der Waals surface area contributed by atoms with Gasteiger partial charge in [-0.15, -0.1) is 0 Å². The van der Waals surface area contributed by atoms with E-state index in [4.69, 9.17) is 11.6 Å². The Balaban J connectivity index is 2.10. The Bertz CT molecular complexity index is 562. The summed E-state index contributed by atoms with van der Waals surface area (Å²) in [5, 5.41) is 12.6. The minimum absolute atomic E-state index is 0.309. The monoisotopic (exact) mass is 310 g/mol. The molecule has 2 amide bonds. The van der Waals surface area contributed by atoms with Gasteiger partial charge in [0.25, 0.3) is 0 Å². The zero-order valence-electron chi connectivity index (χ0n) is 12.1. The van der Waals surface area contributed by atoms with E-state index in [9.17, 15) is 14.7 Å². The molecule has 6 heteroatoms. The summed E-state index contributed by atoms with van der Waals surface area (Å²) in [6.45, 7) is 4.33. The maximum Gasteiger partial charge on any atom is 0.326 e. The number of nitrogens with zero attached hydrogens (tertiary/aromatic N) is 1. The van der Waals surface area contributed by atoms with E-state index in [1.165, 1.54) is 4.90 Å². The molecule has 1 saturated heterocycles. The number of carbonyl (C=O) groups is 2. The molecule has 2 N–H and O–H groups in total. The predicted molar refractivity (Wildman–Crippen MR) is 81.7 cm³/mol. The van der Waals surface area contributed by atoms with Crippen molar-refractivity contribution in [1.82, 2.24) is 4.90 Å². The van der Waals surface area contributed by atoms with E-state index >= 15 is 0 Å². The molecule has 2 rings (SSSR count). The molecule has 1 aliphatic rings. The SMILES string of the molecule is Cc1ccc(NC(=O)N2CCC(C)CC2C(=O)O)cc1Cl. The van der Waals surface area contributed by atoms with Gasteiger partial charge in [-0.05, 0) is 43.4 Å². The van der Waals surface area contributed by atoms with E-state index in [0.29, 0.717) is 29.6 Å². The summed E-state index contributed by atoms with van der Waals surface area (Å²) in [5.74, 6) is -0.650. The average Bonchev–Trinajstić information content (AvgIpc) is 2.42. The number of anilines is 1. The topological polar surface area (TPSA) is 69.6 Å². The molecule has 1 aromatic carbocycles. The lowest BCUT2D eigenvalue weighted by atomic mass is 9.93. The lowest BCUT2D eigenvalue weighted by Crippen LogP contribution is -2.51. The highest BCUT2D eigenvalue weighted by molar-refractivity contribution is 6.31. The molecule has 1 aromatic rings. The van der Waals surface area contributed by atoms with Crippen molar-refractivity contribution < 1.29 is 14.7 Å². The van der Waals surface area contributed by atoms with Gasteiger partial charge >= 0.3 is 12.0 Å². The first-order valence-electron chi connectivity index (χ1n) is 6.95. The molecular formula is C15H19ClN2O3. The maximum absolute atomic E-state index is 12.3. The van der Waals surface area contributed by atoms with Gasteiger partial charge in [0.05, 0.1) is 0 Å². The fourth-order valence-electron chi connectivity index (χ4n) is 2.48. The number of halogens is 1. The molecule has 0 bridgehead atoms. The highest BCUT2D eigenvalue weighted by atomic mass is 35.5. The smallest absolute Gasteiger partial charge is 0.326 e. The van der Waals surface area contributed by atoms with Crippen LogP contribution in [0.15, 0.2) is 18.2 Å². The number of likely N-dealkylation sites (tertiary alicyclic amines) is 1. The molecular weight excluding hydrogens is 292 g/mol. The molecule has 0 saturated carbocycles. The lowest BCUT2D eigenvalue weighted by molar-refractivity contribution is -0.143. The summed E-state index contributed by atoms with van der Waals surface area (Å²) in [6.07, 6.45) is 1.29. The molecule has 0 spiro atoms. The summed E-state index contributed by atoms with van der Waals surface area (Å²) in [5.41, 5.74) is 1.49. The first-order chi connectivity index (χ1) is 9.88. The Hall–Kier alpha value is -1.75. The molecule has 0 aromatic heterocycles. The van der Waals surface area contributed by atoms with Gasteiger partial charge < -0.3 is 15.3 Å². The summed E-state index contributed by atoms with van der Waals surface area (Å²) in [6, 6.07) is 4.06. The number of hydrogen-bond donors (Lipinski definition) is 2. The first kappa shape index (κ1) is 15.6. The molecule has 0 radical (unpaired) electrons. The Morgan fingerprint density at radius 1 is 1.43 bits per heavy atom. The minimum atomic E-state index is -0.960. The minimum Gasteiger partial charge on any atom is -0.480 e. The number of aryl methyl sites for hydroxylation is 1. The lowest BCUT2D eigenvalue weighted by Gasteiger charge is -2.35. The highest BCUT2D eigenvalue weighted by Crippen LogP contribution is 2.25. The number of hydrogen-bond acceptors (Lipinski definition) is 2. The number of aliphatic carboxylic acids is 1. The normalized spacial score (nSPS) is 22.0. The van der Waals surface area contributed by atoms with Crippen molar-refractivity contribution in [3.63, 3.8) is 0 Å². The van der Waals surface area contributed by atoms with Crippen molar-refractivity contribution in [2.45, 2.75) is 32.7 Å². The molecule has 5 nitrogen and oxygen atoms in total. The number of nitrogens with one attached hydrogen (secondary N) is 1. The summed E-state index contributed by atoms with van der Waals surface area (Å²) >= 11 is 6.02. The molecule has 114 valence electrons. The van der Waals surface area contributed by atoms with Gasteiger partial charge in [-0.1, -0.05) is 24.6 Å². The van der Waals surface area contributed by atoms with Crippen LogP contribution < -0.4 is 5.32 Å². The zero-order valence-corrected chi connectivity index (χ0v) is 12.9. The van der Waals surface area contributed by atoms with Crippen LogP contribution >= 0.6 is 11.6 Å². The van der Waals surface area contributed by atoms with Crippen molar-refractivity contribution in [3.8, 4) is 0 Å². The Kier molecular flexibility index (Phi) is 4.73. The fourth-order valence-corrected chi connectivity index (χ4v) is 2.67. The van der Waals surface area contributed by atoms with Gasteiger partial charge in [0, 0.05) is 17.3 Å². The largest absolute Gasteiger partial charge is 0.480 e. The molecule has 1 aliphatic heterocycles. The number of carboxylic acid groups (broad SMARTS) is 1. The van der Waals surface area contributed by atoms with Crippen LogP contribution in [0, 0.1) is 12.8 Å². The van der Waals surface area contributed by atoms with Gasteiger partial charge in [0.2, 0.25) is 0 Å². The number of benzene rings is 1. The van der Waals surface area contributed by atoms with Crippen molar-refractivity contribution in [2.24, 2.45) is 5.92 Å². The Morgan fingerprint density at radius 2 is 2.14 bits per heavy atom. The van der Waals surface area contributed by atoms with Crippen LogP contribution in [0.3, 0.4) is 0 Å². The first-order valence-corrected chi connectivity index (χ1v) is 7.33. The summed E-state index contributed by atoms with van der Waals surface area (Å²) < 4.78 is 0. The molecule has 1 fully saturated rings. The third-order valence-electron chi connectivity index (χ3n) is 3.83. The number of piperidine rings is 1. The van der Waals surface area contributed by atoms with Crippen LogP contribution in [0.1, 0.15) is 25.3 Å². The Morgan fingerprint density at radius 3 is 2.76 bits per heavy atom. The van der Waals surface area contributed by atoms with Crippen LogP contribution in [0.4, 0.5) is 10.5 Å². The quantitative estimate of drug-likeness (QED) is 0.880. The second-order valence-electron chi connectivity index (χ2n) is 5.57. The van der Waals surface area contributed by atoms with E-state index in [2.05, 4.69) is 5.32 Å². The van der Waals surface area contributed by atoms with Crippen molar-refractivity contribution in [3.05, 3.63) is 28.8 Å². The molecule has 2 atom stereocenters.